The van der Waals surface area contributed by atoms with Crippen LogP contribution in [0.2, 0.25) is 0 Å². The minimum Gasteiger partial charge on any atom is -0.486 e. The van der Waals surface area contributed by atoms with E-state index in [9.17, 15) is 0 Å². The normalized spacial score (nSPS) is 13.7. The fourth-order valence-corrected chi connectivity index (χ4v) is 3.46. The average molecular weight is 502 g/mol. The van der Waals surface area contributed by atoms with Crippen LogP contribution in [0.3, 0.4) is 0 Å². The molecule has 6 nitrogen and oxygen atoms in total. The van der Waals surface area contributed by atoms with Crippen LogP contribution in [0, 0.1) is 6.92 Å². The number of ether oxygens (including phenoxy) is 2. The summed E-state index contributed by atoms with van der Waals surface area (Å²) in [6.07, 6.45) is 1.89. The lowest BCUT2D eigenvalue weighted by molar-refractivity contribution is 0.171. The first-order valence-corrected chi connectivity index (χ1v) is 9.55. The van der Waals surface area contributed by atoms with Crippen molar-refractivity contribution in [2.75, 3.05) is 26.8 Å². The molecule has 0 amide bonds. The number of fused-ring (bicyclic) bond motifs is 1. The monoisotopic (exact) mass is 502 g/mol. The molecule has 1 aliphatic heterocycles. The van der Waals surface area contributed by atoms with Crippen molar-refractivity contribution < 1.29 is 9.47 Å². The highest BCUT2D eigenvalue weighted by molar-refractivity contribution is 14.0. The van der Waals surface area contributed by atoms with Gasteiger partial charge in [-0.15, -0.1) is 35.3 Å². The van der Waals surface area contributed by atoms with E-state index in [-0.39, 0.29) is 29.4 Å². The topological polar surface area (TPSA) is 67.8 Å². The third-order valence-electron chi connectivity index (χ3n) is 4.32. The summed E-state index contributed by atoms with van der Waals surface area (Å²) in [5.74, 6) is 2.41. The Morgan fingerprint density at radius 1 is 1.22 bits per heavy atom. The Labute approximate surface area is 181 Å². The molecule has 0 atom stereocenters. The minimum absolute atomic E-state index is 0. The third kappa shape index (κ3) is 5.71. The molecule has 1 aromatic carbocycles. The number of nitrogens with zero attached hydrogens (tertiary/aromatic N) is 2. The first-order chi connectivity index (χ1) is 12.5. The maximum absolute atomic E-state index is 5.71. The molecule has 1 aromatic heterocycles. The van der Waals surface area contributed by atoms with E-state index in [1.807, 2.05) is 12.3 Å². The zero-order valence-electron chi connectivity index (χ0n) is 16.2. The molecule has 1 aliphatic rings. The number of guanidine groups is 1. The molecule has 3 rings (SSSR count). The van der Waals surface area contributed by atoms with Gasteiger partial charge in [-0.1, -0.05) is 19.9 Å². The van der Waals surface area contributed by atoms with Crippen molar-refractivity contribution in [3.8, 4) is 11.5 Å². The van der Waals surface area contributed by atoms with Crippen molar-refractivity contribution >= 4 is 41.3 Å². The number of benzene rings is 1. The van der Waals surface area contributed by atoms with Crippen molar-refractivity contribution in [3.05, 3.63) is 39.8 Å². The molecule has 148 valence electrons. The lowest BCUT2D eigenvalue weighted by atomic mass is 9.84. The lowest BCUT2D eigenvalue weighted by Gasteiger charge is -2.28. The number of hydrogen-bond donors (Lipinski definition) is 2. The van der Waals surface area contributed by atoms with Crippen LogP contribution in [0.5, 0.6) is 11.5 Å². The minimum atomic E-state index is -0.0920. The molecule has 2 aromatic rings. The predicted octanol–water partition coefficient (Wildman–Crippen LogP) is 3.48. The predicted molar refractivity (Wildman–Crippen MR) is 121 cm³/mol. The van der Waals surface area contributed by atoms with Crippen LogP contribution in [-0.4, -0.2) is 37.7 Å². The summed E-state index contributed by atoms with van der Waals surface area (Å²) in [7, 11) is 1.78. The fourth-order valence-electron chi connectivity index (χ4n) is 2.73. The fraction of sp³-hybridized carbons (Fsp3) is 0.474. The van der Waals surface area contributed by atoms with Crippen LogP contribution < -0.4 is 20.1 Å². The van der Waals surface area contributed by atoms with Gasteiger partial charge in [-0.25, -0.2) is 4.98 Å². The van der Waals surface area contributed by atoms with Gasteiger partial charge in [-0.3, -0.25) is 4.99 Å². The first-order valence-electron chi connectivity index (χ1n) is 8.74. The highest BCUT2D eigenvalue weighted by Crippen LogP contribution is 2.34. The van der Waals surface area contributed by atoms with Gasteiger partial charge in [0.15, 0.2) is 17.5 Å². The molecule has 0 radical (unpaired) electrons. The Balaban J connectivity index is 0.00000261. The molecule has 0 unspecified atom stereocenters. The molecule has 0 saturated carbocycles. The number of aryl methyl sites for hydroxylation is 1. The number of hydrogen-bond acceptors (Lipinski definition) is 5. The number of aromatic nitrogens is 1. The summed E-state index contributed by atoms with van der Waals surface area (Å²) in [6, 6.07) is 6.16. The molecule has 0 saturated heterocycles. The Morgan fingerprint density at radius 2 is 1.96 bits per heavy atom. The number of thiazole rings is 1. The number of halogens is 1. The van der Waals surface area contributed by atoms with Crippen LogP contribution in [0.15, 0.2) is 29.4 Å². The highest BCUT2D eigenvalue weighted by atomic mass is 127. The molecule has 2 N–H and O–H groups in total. The third-order valence-corrected chi connectivity index (χ3v) is 5.23. The summed E-state index contributed by atoms with van der Waals surface area (Å²) in [5.41, 5.74) is 1.10. The van der Waals surface area contributed by atoms with Crippen molar-refractivity contribution in [1.29, 1.82) is 0 Å². The summed E-state index contributed by atoms with van der Waals surface area (Å²) in [6.45, 7) is 9.07. The summed E-state index contributed by atoms with van der Waals surface area (Å²) in [4.78, 5) is 9.88. The van der Waals surface area contributed by atoms with E-state index in [0.29, 0.717) is 19.8 Å². The second-order valence-corrected chi connectivity index (χ2v) is 8.21. The van der Waals surface area contributed by atoms with E-state index < -0.39 is 0 Å². The van der Waals surface area contributed by atoms with Gasteiger partial charge in [-0.05, 0) is 24.6 Å². The molecule has 2 heterocycles. The molecule has 0 bridgehead atoms. The van der Waals surface area contributed by atoms with Crippen LogP contribution in [-0.2, 0) is 12.0 Å². The molecule has 0 spiro atoms. The van der Waals surface area contributed by atoms with Crippen LogP contribution >= 0.6 is 35.3 Å². The van der Waals surface area contributed by atoms with Gasteiger partial charge < -0.3 is 20.1 Å². The first kappa shape index (κ1) is 21.7. The van der Waals surface area contributed by atoms with Crippen molar-refractivity contribution in [2.45, 2.75) is 32.7 Å². The van der Waals surface area contributed by atoms with Gasteiger partial charge in [0.1, 0.15) is 18.2 Å². The van der Waals surface area contributed by atoms with E-state index >= 15 is 0 Å². The smallest absolute Gasteiger partial charge is 0.191 e. The Kier molecular flexibility index (Phi) is 7.72. The maximum atomic E-state index is 5.71. The standard InChI is InChI=1S/C19H26N4O2S.HI/c1-13-10-21-17(26-13)11-22-18(20-4)23-12-19(2,3)14-5-6-15-16(9-14)25-8-7-24-15;/h5-6,9-10H,7-8,11-12H2,1-4H3,(H2,20,22,23);1H. The number of rotatable bonds is 5. The Morgan fingerprint density at radius 3 is 2.63 bits per heavy atom. The number of nitrogens with one attached hydrogen (secondary N) is 2. The second-order valence-electron chi connectivity index (χ2n) is 6.89. The molecule has 8 heteroatoms. The largest absolute Gasteiger partial charge is 0.486 e. The van der Waals surface area contributed by atoms with E-state index in [0.717, 1.165) is 29.0 Å². The van der Waals surface area contributed by atoms with Crippen molar-refractivity contribution in [3.63, 3.8) is 0 Å². The SMILES string of the molecule is CN=C(NCc1ncc(C)s1)NCC(C)(C)c1ccc2c(c1)OCCO2.I. The van der Waals surface area contributed by atoms with Gasteiger partial charge in [-0.2, -0.15) is 0 Å². The van der Waals surface area contributed by atoms with Gasteiger partial charge in [0.25, 0.3) is 0 Å². The van der Waals surface area contributed by atoms with E-state index in [1.54, 1.807) is 18.4 Å². The molecule has 0 fully saturated rings. The number of aliphatic imine (C=N–C) groups is 1. The maximum Gasteiger partial charge on any atom is 0.191 e. The Bertz CT molecular complexity index is 792. The average Bonchev–Trinajstić information content (AvgIpc) is 3.06. The van der Waals surface area contributed by atoms with E-state index in [1.165, 1.54) is 10.4 Å². The highest BCUT2D eigenvalue weighted by Gasteiger charge is 2.23. The molecular formula is C19H27IN4O2S. The van der Waals surface area contributed by atoms with Gasteiger partial charge in [0.05, 0.1) is 6.54 Å². The summed E-state index contributed by atoms with van der Waals surface area (Å²) < 4.78 is 11.3. The van der Waals surface area contributed by atoms with E-state index in [4.69, 9.17) is 9.47 Å². The lowest BCUT2D eigenvalue weighted by Crippen LogP contribution is -2.43. The van der Waals surface area contributed by atoms with Gasteiger partial charge in [0.2, 0.25) is 0 Å². The zero-order valence-corrected chi connectivity index (χ0v) is 19.3. The Hall–Kier alpha value is -1.55. The van der Waals surface area contributed by atoms with Crippen molar-refractivity contribution in [2.24, 2.45) is 4.99 Å². The molecule has 0 aliphatic carbocycles. The molecule has 27 heavy (non-hydrogen) atoms. The second kappa shape index (κ2) is 9.59. The van der Waals surface area contributed by atoms with E-state index in [2.05, 4.69) is 53.5 Å². The molecular weight excluding hydrogens is 475 g/mol. The summed E-state index contributed by atoms with van der Waals surface area (Å²) in [5, 5.41) is 7.78. The summed E-state index contributed by atoms with van der Waals surface area (Å²) >= 11 is 1.69. The van der Waals surface area contributed by atoms with Crippen LogP contribution in [0.25, 0.3) is 0 Å². The quantitative estimate of drug-likeness (QED) is 0.373. The van der Waals surface area contributed by atoms with Crippen LogP contribution in [0.4, 0.5) is 0 Å². The van der Waals surface area contributed by atoms with Crippen molar-refractivity contribution in [1.82, 2.24) is 15.6 Å². The van der Waals surface area contributed by atoms with Gasteiger partial charge >= 0.3 is 0 Å². The van der Waals surface area contributed by atoms with Crippen LogP contribution in [0.1, 0.15) is 29.3 Å². The van der Waals surface area contributed by atoms with Gasteiger partial charge in [0, 0.05) is 30.1 Å². The zero-order chi connectivity index (χ0) is 18.6.